The summed E-state index contributed by atoms with van der Waals surface area (Å²) in [4.78, 5) is 20.1. The van der Waals surface area contributed by atoms with Crippen molar-refractivity contribution in [2.75, 3.05) is 26.3 Å². The molecule has 0 spiro atoms. The molecule has 2 aliphatic heterocycles. The van der Waals surface area contributed by atoms with Gasteiger partial charge in [0.1, 0.15) is 6.61 Å². The van der Waals surface area contributed by atoms with Crippen molar-refractivity contribution in [3.05, 3.63) is 58.4 Å². The molecule has 1 aromatic heterocycles. The zero-order chi connectivity index (χ0) is 26.6. The molecule has 2 atom stereocenters. The number of ether oxygens (including phenoxy) is 1. The number of nitrogens with zero attached hydrogens (tertiary/aromatic N) is 3. The van der Waals surface area contributed by atoms with E-state index in [0.29, 0.717) is 11.4 Å². The molecule has 2 unspecified atom stereocenters. The lowest BCUT2D eigenvalue weighted by molar-refractivity contribution is -0.140. The molecule has 0 radical (unpaired) electrons. The van der Waals surface area contributed by atoms with Gasteiger partial charge in [0.05, 0.1) is 11.5 Å². The van der Waals surface area contributed by atoms with Crippen LogP contribution in [0, 0.1) is 27.7 Å². The Morgan fingerprint density at radius 3 is 2.35 bits per heavy atom. The molecular weight excluding hydrogens is 486 g/mol. The second-order valence-corrected chi connectivity index (χ2v) is 12.5. The number of hydrogen-bond acceptors (Lipinski definition) is 5. The van der Waals surface area contributed by atoms with Crippen molar-refractivity contribution in [2.45, 2.75) is 89.6 Å². The molecule has 1 aromatic carbocycles. The number of benzene rings is 1. The minimum Gasteiger partial charge on any atom is -0.370 e. The highest BCUT2D eigenvalue weighted by Crippen LogP contribution is 2.30. The summed E-state index contributed by atoms with van der Waals surface area (Å²) in [5, 5.41) is 0. The third kappa shape index (κ3) is 6.41. The summed E-state index contributed by atoms with van der Waals surface area (Å²) in [6.07, 6.45) is 8.15. The first kappa shape index (κ1) is 27.7. The van der Waals surface area contributed by atoms with Gasteiger partial charge < -0.3 is 9.64 Å². The number of rotatable bonds is 8. The molecule has 7 nitrogen and oxygen atoms in total. The molecule has 0 saturated carbocycles. The molecule has 4 rings (SSSR count). The van der Waals surface area contributed by atoms with E-state index in [1.54, 1.807) is 4.31 Å². The third-order valence-electron chi connectivity index (χ3n) is 7.77. The van der Waals surface area contributed by atoms with Crippen molar-refractivity contribution in [1.29, 1.82) is 0 Å². The number of aryl methyl sites for hydroxylation is 4. The smallest absolute Gasteiger partial charge is 0.248 e. The van der Waals surface area contributed by atoms with Crippen molar-refractivity contribution in [3.8, 4) is 0 Å². The van der Waals surface area contributed by atoms with E-state index in [-0.39, 0.29) is 31.2 Å². The lowest BCUT2D eigenvalue weighted by atomic mass is 9.96. The quantitative estimate of drug-likeness (QED) is 0.505. The lowest BCUT2D eigenvalue weighted by Crippen LogP contribution is -2.48. The third-order valence-corrected chi connectivity index (χ3v) is 10.0. The number of sulfonamides is 1. The molecule has 2 saturated heterocycles. The molecule has 202 valence electrons. The molecule has 0 aliphatic carbocycles. The normalized spacial score (nSPS) is 21.2. The average Bonchev–Trinajstić information content (AvgIpc) is 2.85. The maximum Gasteiger partial charge on any atom is 0.248 e. The molecule has 0 N–H and O–H groups in total. The van der Waals surface area contributed by atoms with Crippen molar-refractivity contribution in [3.63, 3.8) is 0 Å². The minimum absolute atomic E-state index is 0.0197. The van der Waals surface area contributed by atoms with Gasteiger partial charge in [0, 0.05) is 43.5 Å². The van der Waals surface area contributed by atoms with Gasteiger partial charge in [-0.15, -0.1) is 0 Å². The van der Waals surface area contributed by atoms with E-state index in [9.17, 15) is 13.2 Å². The number of amides is 1. The number of piperidine rings is 2. The first-order valence-corrected chi connectivity index (χ1v) is 15.0. The van der Waals surface area contributed by atoms with E-state index in [2.05, 4.69) is 18.0 Å². The highest BCUT2D eigenvalue weighted by molar-refractivity contribution is 7.89. The van der Waals surface area contributed by atoms with Crippen LogP contribution in [0.2, 0.25) is 0 Å². The zero-order valence-electron chi connectivity index (χ0n) is 22.7. The summed E-state index contributed by atoms with van der Waals surface area (Å²) in [5.74, 6) is -0.0197. The van der Waals surface area contributed by atoms with Crippen LogP contribution in [0.15, 0.2) is 35.4 Å². The molecular formula is C29H41N3O4S. The number of likely N-dealkylation sites (tertiary alicyclic amines) is 1. The Labute approximate surface area is 222 Å². The second-order valence-electron chi connectivity index (χ2n) is 10.7. The summed E-state index contributed by atoms with van der Waals surface area (Å²) in [7, 11) is -3.66. The number of pyridine rings is 1. The summed E-state index contributed by atoms with van der Waals surface area (Å²) in [5.41, 5.74) is 4.79. The fourth-order valence-electron chi connectivity index (χ4n) is 6.01. The first-order chi connectivity index (χ1) is 17.7. The highest BCUT2D eigenvalue weighted by Gasteiger charge is 2.36. The molecule has 2 aliphatic rings. The standard InChI is InChI=1S/C29H41N3O4S/c1-21-16-23(3)29(24(4)17-21)37(34,35)32-15-8-6-12-26(32)19-36-20-28(33)31-14-7-5-11-25(31)18-27-22(2)10-9-13-30-27/h9-10,13,16-17,25-26H,5-8,11-12,14-15,18-20H2,1-4H3. The van der Waals surface area contributed by atoms with E-state index in [1.165, 1.54) is 0 Å². The lowest BCUT2D eigenvalue weighted by Gasteiger charge is -2.37. The largest absolute Gasteiger partial charge is 0.370 e. The summed E-state index contributed by atoms with van der Waals surface area (Å²) in [6.45, 7) is 9.19. The van der Waals surface area contributed by atoms with Crippen molar-refractivity contribution in [1.82, 2.24) is 14.2 Å². The molecule has 3 heterocycles. The molecule has 2 aromatic rings. The monoisotopic (exact) mass is 527 g/mol. The second kappa shape index (κ2) is 12.0. The van der Waals surface area contributed by atoms with Crippen LogP contribution in [-0.4, -0.2) is 66.9 Å². The van der Waals surface area contributed by atoms with Crippen LogP contribution in [0.4, 0.5) is 0 Å². The van der Waals surface area contributed by atoms with Gasteiger partial charge in [-0.25, -0.2) is 8.42 Å². The van der Waals surface area contributed by atoms with Crippen LogP contribution in [0.1, 0.15) is 66.5 Å². The first-order valence-electron chi connectivity index (χ1n) is 13.6. The molecule has 37 heavy (non-hydrogen) atoms. The van der Waals surface area contributed by atoms with Gasteiger partial charge in [0.15, 0.2) is 0 Å². The number of carbonyl (C=O) groups excluding carboxylic acids is 1. The van der Waals surface area contributed by atoms with Gasteiger partial charge in [-0.3, -0.25) is 9.78 Å². The Hall–Kier alpha value is -2.29. The van der Waals surface area contributed by atoms with Crippen molar-refractivity contribution in [2.24, 2.45) is 0 Å². The van der Waals surface area contributed by atoms with Gasteiger partial charge in [0.2, 0.25) is 15.9 Å². The Bertz CT molecular complexity index is 1190. The zero-order valence-corrected chi connectivity index (χ0v) is 23.5. The molecule has 2 fully saturated rings. The fraction of sp³-hybridized carbons (Fsp3) is 0.586. The Morgan fingerprint density at radius 2 is 1.65 bits per heavy atom. The van der Waals surface area contributed by atoms with E-state index >= 15 is 0 Å². The number of aromatic nitrogens is 1. The van der Waals surface area contributed by atoms with Gasteiger partial charge in [-0.1, -0.05) is 30.2 Å². The predicted molar refractivity (Wildman–Crippen MR) is 145 cm³/mol. The van der Waals surface area contributed by atoms with E-state index in [1.807, 2.05) is 50.1 Å². The van der Waals surface area contributed by atoms with Crippen molar-refractivity contribution >= 4 is 15.9 Å². The summed E-state index contributed by atoms with van der Waals surface area (Å²) < 4.78 is 35.0. The summed E-state index contributed by atoms with van der Waals surface area (Å²) >= 11 is 0. The number of carbonyl (C=O) groups is 1. The Balaban J connectivity index is 1.40. The van der Waals surface area contributed by atoms with Gasteiger partial charge >= 0.3 is 0 Å². The maximum absolute atomic E-state index is 13.7. The average molecular weight is 528 g/mol. The maximum atomic E-state index is 13.7. The molecule has 0 bridgehead atoms. The van der Waals surface area contributed by atoms with Gasteiger partial charge in [-0.2, -0.15) is 4.31 Å². The van der Waals surface area contributed by atoms with E-state index in [0.717, 1.165) is 79.4 Å². The fourth-order valence-corrected chi connectivity index (χ4v) is 8.10. The van der Waals surface area contributed by atoms with Crippen LogP contribution in [-0.2, 0) is 26.0 Å². The number of hydrogen-bond donors (Lipinski definition) is 0. The minimum atomic E-state index is -3.66. The topological polar surface area (TPSA) is 79.8 Å². The molecule has 1 amide bonds. The van der Waals surface area contributed by atoms with Gasteiger partial charge in [-0.05, 0) is 82.6 Å². The van der Waals surface area contributed by atoms with E-state index < -0.39 is 10.0 Å². The Kier molecular flexibility index (Phi) is 9.03. The predicted octanol–water partition coefficient (Wildman–Crippen LogP) is 4.50. The van der Waals surface area contributed by atoms with Crippen LogP contribution in [0.3, 0.4) is 0 Å². The van der Waals surface area contributed by atoms with Gasteiger partial charge in [0.25, 0.3) is 0 Å². The summed E-state index contributed by atoms with van der Waals surface area (Å²) in [6, 6.07) is 7.71. The molecule has 8 heteroatoms. The van der Waals surface area contributed by atoms with Crippen LogP contribution in [0.5, 0.6) is 0 Å². The highest BCUT2D eigenvalue weighted by atomic mass is 32.2. The Morgan fingerprint density at radius 1 is 0.973 bits per heavy atom. The van der Waals surface area contributed by atoms with Crippen LogP contribution >= 0.6 is 0 Å². The van der Waals surface area contributed by atoms with Crippen LogP contribution < -0.4 is 0 Å². The van der Waals surface area contributed by atoms with E-state index in [4.69, 9.17) is 4.74 Å². The SMILES string of the molecule is Cc1cc(C)c(S(=O)(=O)N2CCCCC2COCC(=O)N2CCCCC2Cc2ncccc2C)c(C)c1. The van der Waals surface area contributed by atoms with Crippen LogP contribution in [0.25, 0.3) is 0 Å². The van der Waals surface area contributed by atoms with Crippen molar-refractivity contribution < 1.29 is 17.9 Å².